The fourth-order valence-corrected chi connectivity index (χ4v) is 4.09. The number of aliphatic hydroxyl groups is 3. The third kappa shape index (κ3) is 8.48. The Morgan fingerprint density at radius 2 is 1.89 bits per heavy atom. The number of allylic oxidation sites excluding steroid dienone is 1. The molecule has 1 unspecified atom stereocenters. The van der Waals surface area contributed by atoms with Gasteiger partial charge in [-0.05, 0) is 42.9 Å². The fourth-order valence-electron chi connectivity index (χ4n) is 4.09. The number of nitrogens with one attached hydrogen (secondary N) is 1. The molecule has 0 spiro atoms. The van der Waals surface area contributed by atoms with Crippen molar-refractivity contribution < 1.29 is 47.2 Å². The van der Waals surface area contributed by atoms with Crippen LogP contribution in [0.1, 0.15) is 50.7 Å². The summed E-state index contributed by atoms with van der Waals surface area (Å²) in [7, 11) is 1.12. The quantitative estimate of drug-likeness (QED) is 0.249. The van der Waals surface area contributed by atoms with Crippen LogP contribution in [0.5, 0.6) is 0 Å². The van der Waals surface area contributed by atoms with E-state index in [-0.39, 0.29) is 31.0 Å². The van der Waals surface area contributed by atoms with Crippen LogP contribution in [0.15, 0.2) is 30.4 Å². The van der Waals surface area contributed by atoms with E-state index in [2.05, 4.69) is 5.32 Å². The molecule has 0 aromatic heterocycles. The van der Waals surface area contributed by atoms with Crippen molar-refractivity contribution in [2.75, 3.05) is 13.7 Å². The zero-order valence-corrected chi connectivity index (χ0v) is 21.6. The Bertz CT molecular complexity index is 974. The van der Waals surface area contributed by atoms with Gasteiger partial charge in [-0.1, -0.05) is 38.5 Å². The first-order chi connectivity index (χ1) is 17.8. The van der Waals surface area contributed by atoms with Crippen molar-refractivity contribution in [1.82, 2.24) is 10.2 Å². The minimum atomic E-state index is -4.89. The number of nitrogens with zero attached hydrogens (tertiary/aromatic N) is 1. The van der Waals surface area contributed by atoms with E-state index in [4.69, 9.17) is 4.74 Å². The van der Waals surface area contributed by atoms with Crippen molar-refractivity contribution in [2.24, 2.45) is 5.92 Å². The molecular formula is C26H36F4N2O6. The maximum atomic E-state index is 13.6. The van der Waals surface area contributed by atoms with Gasteiger partial charge in [-0.2, -0.15) is 13.2 Å². The summed E-state index contributed by atoms with van der Waals surface area (Å²) in [5.41, 5.74) is -1.36. The lowest BCUT2D eigenvalue weighted by molar-refractivity contribution is -0.151. The first-order valence-electron chi connectivity index (χ1n) is 12.5. The zero-order chi connectivity index (χ0) is 28.6. The highest BCUT2D eigenvalue weighted by Gasteiger charge is 2.38. The molecule has 38 heavy (non-hydrogen) atoms. The number of hydrogen-bond acceptors (Lipinski definition) is 6. The second kappa shape index (κ2) is 14.0. The number of halogens is 4. The number of alkyl halides is 3. The Labute approximate surface area is 219 Å². The molecule has 0 bridgehead atoms. The molecule has 1 fully saturated rings. The van der Waals surface area contributed by atoms with Gasteiger partial charge in [0, 0.05) is 20.2 Å². The largest absolute Gasteiger partial charge is 0.419 e. The molecule has 8 nitrogen and oxygen atoms in total. The summed E-state index contributed by atoms with van der Waals surface area (Å²) in [6, 6.07) is 1.45. The third-order valence-electron chi connectivity index (χ3n) is 6.61. The van der Waals surface area contributed by atoms with Crippen LogP contribution in [-0.2, 0) is 27.0 Å². The highest BCUT2D eigenvalue weighted by Crippen LogP contribution is 2.32. The van der Waals surface area contributed by atoms with Gasteiger partial charge >= 0.3 is 6.18 Å². The Kier molecular flexibility index (Phi) is 11.7. The number of rotatable bonds is 11. The standard InChI is InChI=1S/C26H36F4N2O6/c1-4-15(2)8-11-20(33)21(34)22(35)23(38-3)24(36)31-19-7-5-6-12-32(25(19)37)14-16-9-10-18(27)17(13-16)26(28,29)30/h8-11,13,15,19-23,33-35H,4-7,12,14H2,1-3H3,(H,31,36)/t15?,19-,20+,21-,22+,23+/m0/s1. The molecule has 0 saturated carbocycles. The van der Waals surface area contributed by atoms with Crippen LogP contribution >= 0.6 is 0 Å². The summed E-state index contributed by atoms with van der Waals surface area (Å²) in [6.45, 7) is 3.83. The predicted molar refractivity (Wildman–Crippen MR) is 130 cm³/mol. The van der Waals surface area contributed by atoms with E-state index in [1.807, 2.05) is 13.8 Å². The van der Waals surface area contributed by atoms with Gasteiger partial charge in [0.25, 0.3) is 5.91 Å². The SMILES string of the molecule is CCC(C)C=C[C@@H](O)[C@H](O)[C@@H](O)[C@@H](OC)C(=O)N[C@H]1CCCCN(Cc2ccc(F)c(C(F)(F)F)c2)C1=O. The molecule has 4 N–H and O–H groups in total. The van der Waals surface area contributed by atoms with E-state index in [9.17, 15) is 42.5 Å². The summed E-state index contributed by atoms with van der Waals surface area (Å²) < 4.78 is 58.0. The van der Waals surface area contributed by atoms with E-state index in [1.165, 1.54) is 11.0 Å². The van der Waals surface area contributed by atoms with Gasteiger partial charge < -0.3 is 30.3 Å². The molecule has 6 atom stereocenters. The van der Waals surface area contributed by atoms with Gasteiger partial charge in [0.15, 0.2) is 6.10 Å². The van der Waals surface area contributed by atoms with Crippen LogP contribution in [0.3, 0.4) is 0 Å². The number of likely N-dealkylation sites (tertiary alicyclic amines) is 1. The number of benzene rings is 1. The summed E-state index contributed by atoms with van der Waals surface area (Å²) in [5, 5.41) is 33.5. The number of methoxy groups -OCH3 is 1. The molecule has 1 heterocycles. The van der Waals surface area contributed by atoms with Gasteiger partial charge in [-0.25, -0.2) is 4.39 Å². The first kappa shape index (κ1) is 31.7. The maximum Gasteiger partial charge on any atom is 0.419 e. The molecule has 1 aromatic carbocycles. The molecule has 214 valence electrons. The summed E-state index contributed by atoms with van der Waals surface area (Å²) >= 11 is 0. The Hall–Kier alpha value is -2.54. The minimum absolute atomic E-state index is 0.0757. The van der Waals surface area contributed by atoms with Crippen LogP contribution in [0.4, 0.5) is 17.6 Å². The van der Waals surface area contributed by atoms with E-state index in [0.29, 0.717) is 25.0 Å². The molecule has 2 rings (SSSR count). The highest BCUT2D eigenvalue weighted by molar-refractivity contribution is 5.89. The van der Waals surface area contributed by atoms with Crippen molar-refractivity contribution in [3.05, 3.63) is 47.3 Å². The second-order valence-corrected chi connectivity index (χ2v) is 9.53. The summed E-state index contributed by atoms with van der Waals surface area (Å²) in [4.78, 5) is 27.3. The topological polar surface area (TPSA) is 119 Å². The average Bonchev–Trinajstić information content (AvgIpc) is 3.03. The van der Waals surface area contributed by atoms with Crippen molar-refractivity contribution in [2.45, 2.75) is 82.7 Å². The molecule has 1 aromatic rings. The number of hydrogen-bond donors (Lipinski definition) is 4. The fraction of sp³-hybridized carbons (Fsp3) is 0.615. The molecule has 1 saturated heterocycles. The van der Waals surface area contributed by atoms with Crippen molar-refractivity contribution >= 4 is 11.8 Å². The zero-order valence-electron chi connectivity index (χ0n) is 21.6. The summed E-state index contributed by atoms with van der Waals surface area (Å²) in [5.74, 6) is -2.76. The molecule has 1 aliphatic heterocycles. The lowest BCUT2D eigenvalue weighted by Gasteiger charge is -2.29. The van der Waals surface area contributed by atoms with Crippen LogP contribution < -0.4 is 5.32 Å². The number of ether oxygens (including phenoxy) is 1. The third-order valence-corrected chi connectivity index (χ3v) is 6.61. The Morgan fingerprint density at radius 3 is 2.50 bits per heavy atom. The minimum Gasteiger partial charge on any atom is -0.387 e. The van der Waals surface area contributed by atoms with Crippen LogP contribution in [0.25, 0.3) is 0 Å². The Morgan fingerprint density at radius 1 is 1.21 bits per heavy atom. The average molecular weight is 549 g/mol. The van der Waals surface area contributed by atoms with E-state index in [1.54, 1.807) is 6.08 Å². The van der Waals surface area contributed by atoms with Crippen molar-refractivity contribution in [3.63, 3.8) is 0 Å². The highest BCUT2D eigenvalue weighted by atomic mass is 19.4. The van der Waals surface area contributed by atoms with Gasteiger partial charge in [0.2, 0.25) is 5.91 Å². The lowest BCUT2D eigenvalue weighted by atomic mass is 9.99. The lowest BCUT2D eigenvalue weighted by Crippen LogP contribution is -2.55. The van der Waals surface area contributed by atoms with Crippen molar-refractivity contribution in [3.8, 4) is 0 Å². The number of amides is 2. The van der Waals surface area contributed by atoms with Gasteiger partial charge in [-0.15, -0.1) is 0 Å². The van der Waals surface area contributed by atoms with Crippen molar-refractivity contribution in [1.29, 1.82) is 0 Å². The van der Waals surface area contributed by atoms with Crippen LogP contribution in [0.2, 0.25) is 0 Å². The summed E-state index contributed by atoms with van der Waals surface area (Å²) in [6.07, 6.45) is -6.51. The van der Waals surface area contributed by atoms with Gasteiger partial charge in [0.1, 0.15) is 30.2 Å². The normalized spacial score (nSPS) is 21.1. The van der Waals surface area contributed by atoms with Crippen LogP contribution in [0, 0.1) is 11.7 Å². The molecule has 12 heteroatoms. The smallest absolute Gasteiger partial charge is 0.387 e. The van der Waals surface area contributed by atoms with Crippen LogP contribution in [-0.4, -0.2) is 76.1 Å². The molecule has 2 amide bonds. The number of carbonyl (C=O) groups excluding carboxylic acids is 2. The number of aliphatic hydroxyl groups excluding tert-OH is 3. The number of carbonyl (C=O) groups is 2. The maximum absolute atomic E-state index is 13.6. The van der Waals surface area contributed by atoms with Gasteiger partial charge in [-0.3, -0.25) is 9.59 Å². The Balaban J connectivity index is 2.12. The molecule has 1 aliphatic rings. The molecule has 0 radical (unpaired) electrons. The van der Waals surface area contributed by atoms with Gasteiger partial charge in [0.05, 0.1) is 5.56 Å². The monoisotopic (exact) mass is 548 g/mol. The second-order valence-electron chi connectivity index (χ2n) is 9.53. The predicted octanol–water partition coefficient (Wildman–Crippen LogP) is 2.54. The first-order valence-corrected chi connectivity index (χ1v) is 12.5. The van der Waals surface area contributed by atoms with E-state index in [0.717, 1.165) is 19.6 Å². The molecule has 0 aliphatic carbocycles. The molecular weight excluding hydrogens is 512 g/mol. The van der Waals surface area contributed by atoms with E-state index >= 15 is 0 Å². The van der Waals surface area contributed by atoms with E-state index < -0.39 is 59.8 Å².